The van der Waals surface area contributed by atoms with E-state index in [1.165, 1.54) is 4.90 Å². The van der Waals surface area contributed by atoms with Gasteiger partial charge in [-0.2, -0.15) is 5.26 Å². The van der Waals surface area contributed by atoms with Crippen LogP contribution in [0.5, 0.6) is 0 Å². The molecule has 0 aliphatic heterocycles. The molecule has 1 aliphatic rings. The van der Waals surface area contributed by atoms with Gasteiger partial charge in [0.2, 0.25) is 0 Å². The van der Waals surface area contributed by atoms with Crippen molar-refractivity contribution in [3.63, 3.8) is 0 Å². The molecule has 1 N–H and O–H groups in total. The van der Waals surface area contributed by atoms with Gasteiger partial charge < -0.3 is 14.6 Å². The van der Waals surface area contributed by atoms with E-state index in [0.717, 1.165) is 30.2 Å². The molecule has 26 heavy (non-hydrogen) atoms. The Morgan fingerprint density at radius 3 is 2.65 bits per heavy atom. The highest BCUT2D eigenvalue weighted by molar-refractivity contribution is 6.38. The van der Waals surface area contributed by atoms with Crippen molar-refractivity contribution in [3.05, 3.63) is 35.0 Å². The summed E-state index contributed by atoms with van der Waals surface area (Å²) in [6.45, 7) is -0.426. The Hall–Kier alpha value is -2.52. The molecule has 0 atom stereocenters. The van der Waals surface area contributed by atoms with E-state index in [-0.39, 0.29) is 10.7 Å². The zero-order valence-electron chi connectivity index (χ0n) is 14.5. The first-order chi connectivity index (χ1) is 12.5. The van der Waals surface area contributed by atoms with Gasteiger partial charge in [-0.3, -0.25) is 4.79 Å². The summed E-state index contributed by atoms with van der Waals surface area (Å²) in [5.74, 6) is -1.09. The lowest BCUT2D eigenvalue weighted by Gasteiger charge is -2.38. The van der Waals surface area contributed by atoms with Gasteiger partial charge in [-0.05, 0) is 18.9 Å². The Kier molecular flexibility index (Phi) is 5.19. The molecule has 7 heteroatoms. The molecule has 1 aliphatic carbocycles. The van der Waals surface area contributed by atoms with Gasteiger partial charge in [0.25, 0.3) is 5.91 Å². The number of carbonyl (C=O) groups excluding carboxylic acids is 2. The Morgan fingerprint density at radius 1 is 1.31 bits per heavy atom. The molecule has 0 unspecified atom stereocenters. The van der Waals surface area contributed by atoms with Crippen LogP contribution in [0.1, 0.15) is 42.6 Å². The number of aromatic amines is 1. The van der Waals surface area contributed by atoms with Crippen LogP contribution in [-0.2, 0) is 9.53 Å². The minimum atomic E-state index is -0.805. The zero-order chi connectivity index (χ0) is 18.7. The number of fused-ring (bicyclic) bond motifs is 1. The van der Waals surface area contributed by atoms with E-state index in [1.807, 2.05) is 12.1 Å². The molecule has 6 nitrogen and oxygen atoms in total. The van der Waals surface area contributed by atoms with Crippen LogP contribution in [0.25, 0.3) is 10.9 Å². The summed E-state index contributed by atoms with van der Waals surface area (Å²) in [4.78, 5) is 29.1. The molecule has 1 aromatic heterocycles. The number of para-hydroxylation sites is 1. The van der Waals surface area contributed by atoms with E-state index in [1.54, 1.807) is 19.2 Å². The summed E-state index contributed by atoms with van der Waals surface area (Å²) in [6.07, 6.45) is 4.19. The number of rotatable bonds is 4. The molecule has 1 amide bonds. The van der Waals surface area contributed by atoms with Crippen LogP contribution >= 0.6 is 11.6 Å². The van der Waals surface area contributed by atoms with Crippen molar-refractivity contribution < 1.29 is 14.3 Å². The van der Waals surface area contributed by atoms with Gasteiger partial charge in [0.15, 0.2) is 6.61 Å². The number of H-pyrrole nitrogens is 1. The predicted molar refractivity (Wildman–Crippen MR) is 97.8 cm³/mol. The fourth-order valence-corrected chi connectivity index (χ4v) is 3.73. The van der Waals surface area contributed by atoms with Gasteiger partial charge in [-0.25, -0.2) is 4.79 Å². The van der Waals surface area contributed by atoms with E-state index in [9.17, 15) is 14.9 Å². The maximum Gasteiger partial charge on any atom is 0.356 e. The highest BCUT2D eigenvalue weighted by Gasteiger charge is 2.39. The van der Waals surface area contributed by atoms with Crippen molar-refractivity contribution in [1.29, 1.82) is 5.26 Å². The van der Waals surface area contributed by atoms with Crippen LogP contribution in [-0.4, -0.2) is 41.0 Å². The van der Waals surface area contributed by atoms with Crippen LogP contribution in [0.2, 0.25) is 5.02 Å². The lowest BCUT2D eigenvalue weighted by atomic mass is 9.81. The Bertz CT molecular complexity index is 878. The standard InChI is InChI=1S/C19H20ClN3O3/c1-23(19(12-21)9-5-2-6-10-19)15(24)11-26-18(25)17-16(20)13-7-3-4-8-14(13)22-17/h3-4,7-8,22H,2,5-6,9-11H2,1H3. The minimum Gasteiger partial charge on any atom is -0.451 e. The van der Waals surface area contributed by atoms with Crippen molar-refractivity contribution in [3.8, 4) is 6.07 Å². The Morgan fingerprint density at radius 2 is 2.00 bits per heavy atom. The number of hydrogen-bond donors (Lipinski definition) is 1. The number of likely N-dealkylation sites (N-methyl/N-ethyl adjacent to an activating group) is 1. The molecule has 1 saturated carbocycles. The molecule has 1 fully saturated rings. The summed E-state index contributed by atoms with van der Waals surface area (Å²) in [5, 5.41) is 10.5. The van der Waals surface area contributed by atoms with Gasteiger partial charge >= 0.3 is 5.97 Å². The minimum absolute atomic E-state index is 0.121. The van der Waals surface area contributed by atoms with E-state index in [0.29, 0.717) is 12.8 Å². The average molecular weight is 374 g/mol. The first-order valence-electron chi connectivity index (χ1n) is 8.60. The second kappa shape index (κ2) is 7.38. The molecule has 0 bridgehead atoms. The molecule has 1 aromatic carbocycles. The third-order valence-corrected chi connectivity index (χ3v) is 5.47. The Balaban J connectivity index is 1.67. The van der Waals surface area contributed by atoms with E-state index >= 15 is 0 Å². The summed E-state index contributed by atoms with van der Waals surface area (Å²) >= 11 is 6.23. The maximum atomic E-state index is 12.5. The number of aromatic nitrogens is 1. The summed E-state index contributed by atoms with van der Waals surface area (Å²) in [5.41, 5.74) is 0.0371. The number of nitrogens with zero attached hydrogens (tertiary/aromatic N) is 2. The molecule has 0 radical (unpaired) electrons. The highest BCUT2D eigenvalue weighted by atomic mass is 35.5. The van der Waals surface area contributed by atoms with Crippen LogP contribution in [0.15, 0.2) is 24.3 Å². The Labute approximate surface area is 156 Å². The number of nitrogens with one attached hydrogen (secondary N) is 1. The van der Waals surface area contributed by atoms with Gasteiger partial charge in [0.1, 0.15) is 11.2 Å². The number of hydrogen-bond acceptors (Lipinski definition) is 4. The number of esters is 1. The number of benzene rings is 1. The van der Waals surface area contributed by atoms with Crippen LogP contribution in [0.4, 0.5) is 0 Å². The number of amides is 1. The van der Waals surface area contributed by atoms with Gasteiger partial charge in [0, 0.05) is 18.0 Å². The maximum absolute atomic E-state index is 12.5. The SMILES string of the molecule is CN(C(=O)COC(=O)c1[nH]c2ccccc2c1Cl)C1(C#N)CCCCC1. The molecule has 3 rings (SSSR count). The summed E-state index contributed by atoms with van der Waals surface area (Å²) in [7, 11) is 1.60. The zero-order valence-corrected chi connectivity index (χ0v) is 15.3. The first-order valence-corrected chi connectivity index (χ1v) is 8.97. The van der Waals surface area contributed by atoms with Crippen molar-refractivity contribution in [2.24, 2.45) is 0 Å². The molecule has 2 aromatic rings. The van der Waals surface area contributed by atoms with Crippen LogP contribution < -0.4 is 0 Å². The second-order valence-electron chi connectivity index (χ2n) is 6.59. The highest BCUT2D eigenvalue weighted by Crippen LogP contribution is 2.32. The van der Waals surface area contributed by atoms with Crippen molar-refractivity contribution in [1.82, 2.24) is 9.88 Å². The van der Waals surface area contributed by atoms with Crippen LogP contribution in [0, 0.1) is 11.3 Å². The quantitative estimate of drug-likeness (QED) is 0.828. The third-order valence-electron chi connectivity index (χ3n) is 5.08. The first kappa shape index (κ1) is 18.3. The average Bonchev–Trinajstić information content (AvgIpc) is 3.02. The van der Waals surface area contributed by atoms with Gasteiger partial charge in [-0.15, -0.1) is 0 Å². The van der Waals surface area contributed by atoms with Gasteiger partial charge in [-0.1, -0.05) is 49.1 Å². The van der Waals surface area contributed by atoms with Gasteiger partial charge in [0.05, 0.1) is 11.1 Å². The number of ether oxygens (including phenoxy) is 1. The molecule has 0 saturated heterocycles. The smallest absolute Gasteiger partial charge is 0.356 e. The molecule has 1 heterocycles. The lowest BCUT2D eigenvalue weighted by Crippen LogP contribution is -2.51. The van der Waals surface area contributed by atoms with Crippen molar-refractivity contribution >= 4 is 34.4 Å². The molecular formula is C19H20ClN3O3. The van der Waals surface area contributed by atoms with E-state index in [4.69, 9.17) is 16.3 Å². The number of halogens is 1. The third kappa shape index (κ3) is 3.27. The largest absolute Gasteiger partial charge is 0.451 e. The van der Waals surface area contributed by atoms with Crippen molar-refractivity contribution in [2.75, 3.05) is 13.7 Å². The lowest BCUT2D eigenvalue weighted by molar-refractivity contribution is -0.138. The molecular weight excluding hydrogens is 354 g/mol. The summed E-state index contributed by atoms with van der Waals surface area (Å²) in [6, 6.07) is 9.53. The number of carbonyl (C=O) groups is 2. The predicted octanol–water partition coefficient (Wildman–Crippen LogP) is 3.66. The fourth-order valence-electron chi connectivity index (χ4n) is 3.44. The van der Waals surface area contributed by atoms with E-state index < -0.39 is 24.0 Å². The van der Waals surface area contributed by atoms with Crippen LogP contribution in [0.3, 0.4) is 0 Å². The summed E-state index contributed by atoms with van der Waals surface area (Å²) < 4.78 is 5.15. The topological polar surface area (TPSA) is 86.2 Å². The molecule has 0 spiro atoms. The van der Waals surface area contributed by atoms with Crippen molar-refractivity contribution in [2.45, 2.75) is 37.6 Å². The second-order valence-corrected chi connectivity index (χ2v) is 6.97. The van der Waals surface area contributed by atoms with E-state index in [2.05, 4.69) is 11.1 Å². The molecule has 136 valence electrons. The fraction of sp³-hybridized carbons (Fsp3) is 0.421. The normalized spacial score (nSPS) is 16.0. The number of nitriles is 1. The monoisotopic (exact) mass is 373 g/mol.